The highest BCUT2D eigenvalue weighted by molar-refractivity contribution is 5.27. The number of benzene rings is 1. The minimum atomic E-state index is -0.552. The summed E-state index contributed by atoms with van der Waals surface area (Å²) < 4.78 is 13.3. The van der Waals surface area contributed by atoms with E-state index in [1.807, 2.05) is 42.8 Å². The zero-order valence-corrected chi connectivity index (χ0v) is 14.1. The highest BCUT2D eigenvalue weighted by Crippen LogP contribution is 2.20. The molecule has 1 aromatic heterocycles. The van der Waals surface area contributed by atoms with Gasteiger partial charge in [-0.2, -0.15) is 0 Å². The molecule has 130 valence electrons. The van der Waals surface area contributed by atoms with Crippen molar-refractivity contribution in [2.75, 3.05) is 32.8 Å². The van der Waals surface area contributed by atoms with E-state index in [1.54, 1.807) is 6.33 Å². The van der Waals surface area contributed by atoms with Gasteiger partial charge in [0.15, 0.2) is 5.82 Å². The van der Waals surface area contributed by atoms with Gasteiger partial charge >= 0.3 is 0 Å². The number of hydrogen-bond donors (Lipinski definition) is 1. The summed E-state index contributed by atoms with van der Waals surface area (Å²) in [4.78, 5) is 2.17. The Morgan fingerprint density at radius 2 is 2.33 bits per heavy atom. The molecule has 1 aliphatic rings. The van der Waals surface area contributed by atoms with Crippen LogP contribution < -0.4 is 4.74 Å². The quantitative estimate of drug-likeness (QED) is 0.849. The van der Waals surface area contributed by atoms with Crippen molar-refractivity contribution < 1.29 is 14.6 Å². The standard InChI is InChI=1S/C17H24N4O3/c1-13-4-3-5-15(8-13)24-11-14(22)9-21-6-7-23-16(10-21)17-19-18-12-20(17)2/h3-5,8,12,14,16,22H,6-7,9-11H2,1-2H3/t14-,16+/m1/s1. The van der Waals surface area contributed by atoms with E-state index in [0.717, 1.165) is 23.7 Å². The van der Waals surface area contributed by atoms with E-state index in [-0.39, 0.29) is 12.7 Å². The lowest BCUT2D eigenvalue weighted by Gasteiger charge is -2.33. The van der Waals surface area contributed by atoms with E-state index >= 15 is 0 Å². The fourth-order valence-electron chi connectivity index (χ4n) is 2.86. The average molecular weight is 332 g/mol. The van der Waals surface area contributed by atoms with Gasteiger partial charge in [-0.25, -0.2) is 0 Å². The lowest BCUT2D eigenvalue weighted by Crippen LogP contribution is -2.44. The van der Waals surface area contributed by atoms with Crippen LogP contribution in [0, 0.1) is 6.92 Å². The molecule has 1 aromatic carbocycles. The van der Waals surface area contributed by atoms with Crippen molar-refractivity contribution in [3.05, 3.63) is 42.0 Å². The molecule has 3 rings (SSSR count). The Hall–Kier alpha value is -1.96. The fraction of sp³-hybridized carbons (Fsp3) is 0.529. The maximum absolute atomic E-state index is 10.3. The lowest BCUT2D eigenvalue weighted by atomic mass is 10.2. The summed E-state index contributed by atoms with van der Waals surface area (Å²) >= 11 is 0. The number of nitrogens with zero attached hydrogens (tertiary/aromatic N) is 4. The molecule has 1 saturated heterocycles. The molecule has 0 aliphatic carbocycles. The number of rotatable bonds is 6. The molecule has 1 N–H and O–H groups in total. The van der Waals surface area contributed by atoms with Gasteiger partial charge in [-0.1, -0.05) is 12.1 Å². The molecule has 1 aliphatic heterocycles. The van der Waals surface area contributed by atoms with Gasteiger partial charge in [0, 0.05) is 26.7 Å². The van der Waals surface area contributed by atoms with Crippen LogP contribution in [0.5, 0.6) is 5.75 Å². The van der Waals surface area contributed by atoms with Crippen molar-refractivity contribution in [2.45, 2.75) is 19.1 Å². The fourth-order valence-corrected chi connectivity index (χ4v) is 2.86. The van der Waals surface area contributed by atoms with Crippen LogP contribution in [0.3, 0.4) is 0 Å². The molecule has 1 fully saturated rings. The largest absolute Gasteiger partial charge is 0.491 e. The number of aliphatic hydroxyl groups is 1. The summed E-state index contributed by atoms with van der Waals surface area (Å²) in [6, 6.07) is 7.83. The molecule has 2 aromatic rings. The van der Waals surface area contributed by atoms with Gasteiger partial charge in [0.05, 0.1) is 6.61 Å². The molecule has 0 spiro atoms. The molecule has 0 unspecified atom stereocenters. The Balaban J connectivity index is 1.49. The molecule has 2 heterocycles. The Labute approximate surface area is 141 Å². The average Bonchev–Trinajstić information content (AvgIpc) is 2.99. The van der Waals surface area contributed by atoms with Gasteiger partial charge in [-0.3, -0.25) is 4.90 Å². The first-order valence-corrected chi connectivity index (χ1v) is 8.17. The van der Waals surface area contributed by atoms with Crippen LogP contribution in [0.15, 0.2) is 30.6 Å². The van der Waals surface area contributed by atoms with Crippen molar-refractivity contribution >= 4 is 0 Å². The van der Waals surface area contributed by atoms with E-state index in [4.69, 9.17) is 9.47 Å². The van der Waals surface area contributed by atoms with Crippen molar-refractivity contribution in [1.29, 1.82) is 0 Å². The third kappa shape index (κ3) is 4.31. The molecule has 0 saturated carbocycles. The van der Waals surface area contributed by atoms with Gasteiger partial charge in [0.2, 0.25) is 0 Å². The summed E-state index contributed by atoms with van der Waals surface area (Å²) in [7, 11) is 1.90. The van der Waals surface area contributed by atoms with Crippen molar-refractivity contribution in [1.82, 2.24) is 19.7 Å². The van der Waals surface area contributed by atoms with Gasteiger partial charge < -0.3 is 19.1 Å². The first kappa shape index (κ1) is 16.9. The molecule has 0 bridgehead atoms. The number of aromatic nitrogens is 3. The number of aryl methyl sites for hydroxylation is 2. The minimum Gasteiger partial charge on any atom is -0.491 e. The molecular weight excluding hydrogens is 308 g/mol. The third-order valence-electron chi connectivity index (χ3n) is 4.09. The summed E-state index contributed by atoms with van der Waals surface area (Å²) in [6.45, 7) is 4.93. The number of aliphatic hydroxyl groups excluding tert-OH is 1. The summed E-state index contributed by atoms with van der Waals surface area (Å²) in [5, 5.41) is 18.3. The molecule has 0 radical (unpaired) electrons. The Bertz CT molecular complexity index is 661. The van der Waals surface area contributed by atoms with E-state index in [0.29, 0.717) is 19.7 Å². The SMILES string of the molecule is Cc1cccc(OC[C@H](O)CN2CCO[C@H](c3nncn3C)C2)c1. The van der Waals surface area contributed by atoms with Crippen LogP contribution in [-0.4, -0.2) is 63.7 Å². The first-order valence-electron chi connectivity index (χ1n) is 8.17. The second-order valence-corrected chi connectivity index (χ2v) is 6.20. The molecule has 7 heteroatoms. The topological polar surface area (TPSA) is 72.6 Å². The Morgan fingerprint density at radius 3 is 3.08 bits per heavy atom. The predicted octanol–water partition coefficient (Wildman–Crippen LogP) is 0.937. The highest BCUT2D eigenvalue weighted by atomic mass is 16.5. The minimum absolute atomic E-state index is 0.115. The zero-order valence-electron chi connectivity index (χ0n) is 14.1. The predicted molar refractivity (Wildman–Crippen MR) is 88.8 cm³/mol. The normalized spacial score (nSPS) is 20.0. The summed E-state index contributed by atoms with van der Waals surface area (Å²) in [5.41, 5.74) is 1.14. The van der Waals surface area contributed by atoms with E-state index in [2.05, 4.69) is 15.1 Å². The molecular formula is C17H24N4O3. The molecule has 7 nitrogen and oxygen atoms in total. The van der Waals surface area contributed by atoms with E-state index in [1.165, 1.54) is 0 Å². The van der Waals surface area contributed by atoms with Gasteiger partial charge in [-0.05, 0) is 24.6 Å². The molecule has 2 atom stereocenters. The van der Waals surface area contributed by atoms with Crippen LogP contribution in [0.4, 0.5) is 0 Å². The van der Waals surface area contributed by atoms with Crippen LogP contribution in [0.25, 0.3) is 0 Å². The summed E-state index contributed by atoms with van der Waals surface area (Å²) in [5.74, 6) is 1.60. The van der Waals surface area contributed by atoms with Crippen LogP contribution in [-0.2, 0) is 11.8 Å². The number of ether oxygens (including phenoxy) is 2. The van der Waals surface area contributed by atoms with Gasteiger partial charge in [0.1, 0.15) is 30.9 Å². The van der Waals surface area contributed by atoms with Crippen LogP contribution >= 0.6 is 0 Å². The lowest BCUT2D eigenvalue weighted by molar-refractivity contribution is -0.0506. The van der Waals surface area contributed by atoms with E-state index < -0.39 is 6.10 Å². The monoisotopic (exact) mass is 332 g/mol. The van der Waals surface area contributed by atoms with Crippen molar-refractivity contribution in [3.8, 4) is 5.75 Å². The first-order chi connectivity index (χ1) is 11.6. The van der Waals surface area contributed by atoms with Crippen molar-refractivity contribution in [3.63, 3.8) is 0 Å². The highest BCUT2D eigenvalue weighted by Gasteiger charge is 2.26. The second kappa shape index (κ2) is 7.74. The van der Waals surface area contributed by atoms with Crippen LogP contribution in [0.2, 0.25) is 0 Å². The number of morpholine rings is 1. The smallest absolute Gasteiger partial charge is 0.163 e. The second-order valence-electron chi connectivity index (χ2n) is 6.20. The molecule has 0 amide bonds. The maximum atomic E-state index is 10.3. The molecule has 24 heavy (non-hydrogen) atoms. The summed E-state index contributed by atoms with van der Waals surface area (Å²) in [6.07, 6.45) is 1.00. The maximum Gasteiger partial charge on any atom is 0.163 e. The number of β-amino-alcohol motifs (C(OH)–C–C–N with tert-alkyl or cyclic N) is 1. The van der Waals surface area contributed by atoms with Crippen molar-refractivity contribution in [2.24, 2.45) is 7.05 Å². The Morgan fingerprint density at radius 1 is 1.46 bits per heavy atom. The van der Waals surface area contributed by atoms with Crippen LogP contribution in [0.1, 0.15) is 17.5 Å². The van der Waals surface area contributed by atoms with E-state index in [9.17, 15) is 5.11 Å². The zero-order chi connectivity index (χ0) is 16.9. The Kier molecular flexibility index (Phi) is 5.44. The third-order valence-corrected chi connectivity index (χ3v) is 4.09. The van der Waals surface area contributed by atoms with Gasteiger partial charge in [-0.15, -0.1) is 10.2 Å². The van der Waals surface area contributed by atoms with Gasteiger partial charge in [0.25, 0.3) is 0 Å². The number of hydrogen-bond acceptors (Lipinski definition) is 6.